The van der Waals surface area contributed by atoms with E-state index in [2.05, 4.69) is 153 Å². The van der Waals surface area contributed by atoms with Crippen LogP contribution in [0.15, 0.2) is 0 Å². The van der Waals surface area contributed by atoms with Crippen molar-refractivity contribution < 1.29 is 31.9 Å². The van der Waals surface area contributed by atoms with E-state index in [1.165, 1.54) is 135 Å². The Kier molecular flexibility index (Phi) is 50.6. The van der Waals surface area contributed by atoms with Crippen molar-refractivity contribution in [2.45, 2.75) is 365 Å². The van der Waals surface area contributed by atoms with E-state index in [1.807, 2.05) is 0 Å². The minimum Gasteiger partial charge on any atom is -0.318 e. The van der Waals surface area contributed by atoms with E-state index in [-0.39, 0.29) is 12.0 Å². The normalized spacial score (nSPS) is 23.5. The van der Waals surface area contributed by atoms with Gasteiger partial charge in [-0.25, -0.2) is 33.7 Å². The standard InChI is InChI=1S/C24H45N2O3P.2C24H47N2O2P/c1-8-10-11-12-13-23(27)22-14-15-24(21(9-2)18-22)29-30(28-17-16-25-7)26(19(3)4)20(5)6;2*1-8-10-11-12-13-14-22-15-16-24(23(9-2)19-22)28-29(27-18-17-25-7)26(20(3)4)21(5)6/h19-22,24H,8-18H2,1-6H3;2*20-24H,8-19H2,1-6H3/t21-,22?,24-,30?;22?,23-,24+,29?;22?,23-,24-,29?/m111/s1. The maximum absolute atomic E-state index is 12.7. The van der Waals surface area contributed by atoms with Crippen molar-refractivity contribution >= 4 is 31.4 Å². The smallest absolute Gasteiger partial charge is 0.259 e. The molecule has 0 radical (unpaired) electrons. The highest BCUT2D eigenvalue weighted by Gasteiger charge is 2.40. The molecule has 3 rings (SSSR count). The minimum absolute atomic E-state index is 0.137. The Morgan fingerprint density at radius 3 is 1.00 bits per heavy atom. The summed E-state index contributed by atoms with van der Waals surface area (Å²) in [6.45, 7) is 63.7. The molecule has 0 aliphatic heterocycles. The van der Waals surface area contributed by atoms with E-state index in [9.17, 15) is 4.79 Å². The maximum Gasteiger partial charge on any atom is 0.259 e. The molecule has 0 bridgehead atoms. The highest BCUT2D eigenvalue weighted by Crippen LogP contribution is 2.53. The molecule has 12 atom stereocenters. The Hall–Kier alpha value is -0.930. The van der Waals surface area contributed by atoms with Gasteiger partial charge in [0, 0.05) is 48.6 Å². The quantitative estimate of drug-likeness (QED) is 0.0333. The molecule has 0 aromatic rings. The van der Waals surface area contributed by atoms with Gasteiger partial charge in [-0.3, -0.25) is 4.79 Å². The zero-order valence-electron chi connectivity index (χ0n) is 60.3. The van der Waals surface area contributed by atoms with Gasteiger partial charge in [-0.05, 0) is 177 Å². The number of nitrogens with zero attached hydrogens (tertiary/aromatic N) is 6. The molecule has 6 unspecified atom stereocenters. The van der Waals surface area contributed by atoms with Crippen LogP contribution in [-0.4, -0.2) is 114 Å². The lowest BCUT2D eigenvalue weighted by molar-refractivity contribution is -0.125. The predicted octanol–water partition coefficient (Wildman–Crippen LogP) is 22.7. The topological polar surface area (TPSA) is 95.2 Å². The van der Waals surface area contributed by atoms with Crippen LogP contribution in [0.1, 0.15) is 311 Å². The van der Waals surface area contributed by atoms with Gasteiger partial charge in [0.1, 0.15) is 25.6 Å². The fourth-order valence-corrected chi connectivity index (χ4v) is 19.1. The molecule has 0 saturated heterocycles. The van der Waals surface area contributed by atoms with Crippen LogP contribution in [0.3, 0.4) is 0 Å². The summed E-state index contributed by atoms with van der Waals surface area (Å²) in [5.74, 6) is 4.10. The van der Waals surface area contributed by atoms with Gasteiger partial charge in [0.25, 0.3) is 25.6 Å². The van der Waals surface area contributed by atoms with Gasteiger partial charge in [-0.15, -0.1) is 0 Å². The Labute approximate surface area is 549 Å². The number of Topliss-reactive ketones (excluding diaryl/α,β-unsaturated/α-hetero) is 1. The van der Waals surface area contributed by atoms with Crippen LogP contribution in [0.5, 0.6) is 0 Å². The number of unbranched alkanes of at least 4 members (excludes halogenated alkanes) is 11. The zero-order chi connectivity index (χ0) is 65.8. The van der Waals surface area contributed by atoms with Crippen molar-refractivity contribution in [3.05, 3.63) is 34.3 Å². The van der Waals surface area contributed by atoms with E-state index in [1.54, 1.807) is 0 Å². The molecule has 3 aliphatic carbocycles. The van der Waals surface area contributed by atoms with E-state index in [4.69, 9.17) is 46.9 Å². The number of hydrogen-bond acceptors (Lipinski definition) is 10. The summed E-state index contributed by atoms with van der Waals surface area (Å²) in [4.78, 5) is 23.0. The van der Waals surface area contributed by atoms with Crippen LogP contribution in [-0.2, 0) is 31.9 Å². The molecule has 0 spiro atoms. The lowest BCUT2D eigenvalue weighted by atomic mass is 9.76. The lowest BCUT2D eigenvalue weighted by Gasteiger charge is -2.41. The second-order valence-electron chi connectivity index (χ2n) is 27.5. The van der Waals surface area contributed by atoms with Crippen molar-refractivity contribution in [2.24, 2.45) is 35.5 Å². The Bertz CT molecular complexity index is 1730. The molecule has 514 valence electrons. The molecular weight excluding hydrogens is 1150 g/mol. The van der Waals surface area contributed by atoms with Crippen LogP contribution in [0.25, 0.3) is 14.5 Å². The monoisotopic (exact) mass is 1290 g/mol. The van der Waals surface area contributed by atoms with Gasteiger partial charge >= 0.3 is 0 Å². The first-order chi connectivity index (χ1) is 42.2. The average molecular weight is 1290 g/mol. The summed E-state index contributed by atoms with van der Waals surface area (Å²) in [5.41, 5.74) is 0. The second kappa shape index (κ2) is 52.4. The van der Waals surface area contributed by atoms with E-state index >= 15 is 0 Å². The molecule has 0 heterocycles. The van der Waals surface area contributed by atoms with Crippen LogP contribution in [0, 0.1) is 55.2 Å². The second-order valence-corrected chi connectivity index (χ2v) is 31.8. The number of ketones is 1. The van der Waals surface area contributed by atoms with Gasteiger partial charge in [0.15, 0.2) is 0 Å². The van der Waals surface area contributed by atoms with Crippen LogP contribution in [0.2, 0.25) is 0 Å². The molecule has 3 fully saturated rings. The van der Waals surface area contributed by atoms with Crippen molar-refractivity contribution in [1.82, 2.24) is 14.0 Å². The van der Waals surface area contributed by atoms with Gasteiger partial charge in [0.05, 0.1) is 18.3 Å². The molecule has 0 amide bonds. The molecule has 0 aromatic carbocycles. The predicted molar refractivity (Wildman–Crippen MR) is 378 cm³/mol. The third-order valence-electron chi connectivity index (χ3n) is 18.3. The molecule has 0 aromatic heterocycles. The molecule has 16 heteroatoms. The van der Waals surface area contributed by atoms with E-state index in [0.717, 1.165) is 63.2 Å². The fourth-order valence-electron chi connectivity index (χ4n) is 13.6. The lowest BCUT2D eigenvalue weighted by Crippen LogP contribution is -2.38. The summed E-state index contributed by atoms with van der Waals surface area (Å²) in [7, 11) is -3.43. The highest BCUT2D eigenvalue weighted by atomic mass is 31.2. The molecule has 3 saturated carbocycles. The van der Waals surface area contributed by atoms with Crippen LogP contribution in [0.4, 0.5) is 0 Å². The maximum atomic E-state index is 12.7. The van der Waals surface area contributed by atoms with Crippen molar-refractivity contribution in [3.8, 4) is 0 Å². The van der Waals surface area contributed by atoms with Gasteiger partial charge in [-0.1, -0.05) is 157 Å². The summed E-state index contributed by atoms with van der Waals surface area (Å²) >= 11 is 0. The zero-order valence-corrected chi connectivity index (χ0v) is 63.0. The summed E-state index contributed by atoms with van der Waals surface area (Å²) in [6, 6.07) is 2.10. The third kappa shape index (κ3) is 35.0. The Morgan fingerprint density at radius 1 is 0.409 bits per heavy atom. The van der Waals surface area contributed by atoms with Gasteiger partial charge in [-0.2, -0.15) is 0 Å². The van der Waals surface area contributed by atoms with Crippen molar-refractivity contribution in [2.75, 3.05) is 39.5 Å². The van der Waals surface area contributed by atoms with Crippen molar-refractivity contribution in [3.63, 3.8) is 0 Å². The van der Waals surface area contributed by atoms with Gasteiger partial charge < -0.3 is 41.7 Å². The summed E-state index contributed by atoms with van der Waals surface area (Å²) < 4.78 is 45.4. The Morgan fingerprint density at radius 2 is 0.705 bits per heavy atom. The number of carbonyl (C=O) groups excluding carboxylic acids is 1. The summed E-state index contributed by atoms with van der Waals surface area (Å²) in [5, 5.41) is 0. The minimum atomic E-state index is -1.21. The first kappa shape index (κ1) is 85.1. The average Bonchev–Trinajstić information content (AvgIpc) is 3.09. The highest BCUT2D eigenvalue weighted by molar-refractivity contribution is 7.45. The first-order valence-corrected chi connectivity index (χ1v) is 39.8. The largest absolute Gasteiger partial charge is 0.318 e. The number of hydrogen-bond donors (Lipinski definition) is 0. The molecule has 3 aliphatic rings. The molecule has 88 heavy (non-hydrogen) atoms. The van der Waals surface area contributed by atoms with Gasteiger partial charge in [0.2, 0.25) is 19.6 Å². The Balaban J connectivity index is 0.000000660. The molecular formula is C72H139N6O7P3. The first-order valence-electron chi connectivity index (χ1n) is 36.4. The van der Waals surface area contributed by atoms with E-state index < -0.39 is 25.6 Å². The van der Waals surface area contributed by atoms with E-state index in [0.29, 0.717) is 111 Å². The fraction of sp³-hybridized carbons (Fsp3) is 0.944. The number of carbonyl (C=O) groups is 1. The third-order valence-corrected chi connectivity index (χ3v) is 24.8. The molecule has 13 nitrogen and oxygen atoms in total. The SMILES string of the molecule is [C-]#[N+]CCOP(O[C@@H]1CCC(C(=O)CCCCCC)C[C@H]1CC)N(C(C)C)C(C)C.[C-]#[N+]CCOP(O[C@@H]1CCC(CCCCCCC)C[C@H]1CC)N(C(C)C)C(C)C.[C-]#[N+]CCOP(O[C@H]1CCC(CCCCCCC)C[C@H]1CC)N(C(C)C)C(C)C. The number of rotatable bonds is 45. The van der Waals surface area contributed by atoms with Crippen LogP contribution >= 0.6 is 25.6 Å². The van der Waals surface area contributed by atoms with Crippen molar-refractivity contribution in [1.29, 1.82) is 0 Å². The summed E-state index contributed by atoms with van der Waals surface area (Å²) in [6.07, 6.45) is 36.5. The molecule has 0 N–H and O–H groups in total. The van der Waals surface area contributed by atoms with Crippen LogP contribution < -0.4 is 0 Å².